The van der Waals surface area contributed by atoms with Gasteiger partial charge in [0.05, 0.1) is 17.6 Å². The van der Waals surface area contributed by atoms with Gasteiger partial charge in [-0.3, -0.25) is 9.69 Å². The number of benzene rings is 1. The standard InChI is InChI=1S/C24H21N5OS3/c1-14-10-11-31-21(14)19-16(12-25)22(26)29(17-8-5-9-18(30)20(17)19)23-27-28-24(33-23)32-13-15-6-3-2-4-7-15/h2-4,6-7,10-11,19H,5,8-9,13,26H2,1H3. The Labute approximate surface area is 204 Å². The maximum atomic E-state index is 13.2. The van der Waals surface area contributed by atoms with Crippen LogP contribution in [0.5, 0.6) is 0 Å². The predicted octanol–water partition coefficient (Wildman–Crippen LogP) is 5.51. The third kappa shape index (κ3) is 3.99. The van der Waals surface area contributed by atoms with E-state index in [1.165, 1.54) is 16.9 Å². The van der Waals surface area contributed by atoms with E-state index in [0.717, 1.165) is 32.7 Å². The zero-order chi connectivity index (χ0) is 22.9. The van der Waals surface area contributed by atoms with Crippen molar-refractivity contribution in [2.75, 3.05) is 4.90 Å². The molecule has 0 saturated heterocycles. The molecular formula is C24H21N5OS3. The Bertz CT molecular complexity index is 1320. The van der Waals surface area contributed by atoms with E-state index in [4.69, 9.17) is 5.73 Å². The number of rotatable bonds is 5. The van der Waals surface area contributed by atoms with Crippen LogP contribution in [0.15, 0.2) is 68.8 Å². The average molecular weight is 492 g/mol. The summed E-state index contributed by atoms with van der Waals surface area (Å²) in [5.41, 5.74) is 10.8. The number of thioether (sulfide) groups is 1. The molecule has 0 saturated carbocycles. The molecule has 2 N–H and O–H groups in total. The highest BCUT2D eigenvalue weighted by molar-refractivity contribution is 8.00. The van der Waals surface area contributed by atoms with E-state index in [0.29, 0.717) is 34.9 Å². The normalized spacial score (nSPS) is 18.5. The molecule has 33 heavy (non-hydrogen) atoms. The Morgan fingerprint density at radius 3 is 2.79 bits per heavy atom. The lowest BCUT2D eigenvalue weighted by atomic mass is 9.78. The minimum atomic E-state index is -0.408. The summed E-state index contributed by atoms with van der Waals surface area (Å²) >= 11 is 4.61. The zero-order valence-electron chi connectivity index (χ0n) is 17.9. The number of anilines is 1. The molecule has 1 unspecified atom stereocenters. The number of nitrogens with zero attached hydrogens (tertiary/aromatic N) is 4. The average Bonchev–Trinajstić information content (AvgIpc) is 3.46. The molecule has 1 aliphatic heterocycles. The Morgan fingerprint density at radius 1 is 1.24 bits per heavy atom. The molecule has 0 spiro atoms. The molecule has 3 aromatic rings. The third-order valence-corrected chi connectivity index (χ3v) is 9.07. The number of aryl methyl sites for hydroxylation is 1. The smallest absolute Gasteiger partial charge is 0.219 e. The molecular weight excluding hydrogens is 470 g/mol. The lowest BCUT2D eigenvalue weighted by Gasteiger charge is -2.37. The van der Waals surface area contributed by atoms with Gasteiger partial charge in [-0.1, -0.05) is 53.4 Å². The molecule has 0 bridgehead atoms. The van der Waals surface area contributed by atoms with Crippen molar-refractivity contribution in [2.24, 2.45) is 5.73 Å². The highest BCUT2D eigenvalue weighted by Gasteiger charge is 2.42. The number of carbonyl (C=O) groups is 1. The Hall–Kier alpha value is -2.93. The van der Waals surface area contributed by atoms with Crippen molar-refractivity contribution in [2.45, 2.75) is 42.2 Å². The molecule has 2 aliphatic rings. The van der Waals surface area contributed by atoms with Gasteiger partial charge in [-0.2, -0.15) is 5.26 Å². The fourth-order valence-corrected chi connectivity index (χ4v) is 7.20. The Morgan fingerprint density at radius 2 is 2.06 bits per heavy atom. The first-order valence-electron chi connectivity index (χ1n) is 10.6. The first kappa shape index (κ1) is 21.9. The highest BCUT2D eigenvalue weighted by atomic mass is 32.2. The van der Waals surface area contributed by atoms with E-state index in [9.17, 15) is 10.1 Å². The molecule has 0 amide bonds. The van der Waals surface area contributed by atoms with Crippen LogP contribution in [0.25, 0.3) is 0 Å². The van der Waals surface area contributed by atoms with Gasteiger partial charge >= 0.3 is 0 Å². The van der Waals surface area contributed by atoms with Crippen LogP contribution in [0.3, 0.4) is 0 Å². The van der Waals surface area contributed by atoms with Crippen molar-refractivity contribution in [1.82, 2.24) is 10.2 Å². The van der Waals surface area contributed by atoms with Crippen molar-refractivity contribution in [1.29, 1.82) is 5.26 Å². The van der Waals surface area contributed by atoms with Crippen molar-refractivity contribution >= 4 is 45.4 Å². The largest absolute Gasteiger partial charge is 0.384 e. The van der Waals surface area contributed by atoms with E-state index in [1.54, 1.807) is 28.0 Å². The summed E-state index contributed by atoms with van der Waals surface area (Å²) in [5.74, 6) is 0.812. The summed E-state index contributed by atoms with van der Waals surface area (Å²) in [6, 6.07) is 14.5. The monoisotopic (exact) mass is 491 g/mol. The number of allylic oxidation sites excluding steroid dienone is 3. The molecule has 1 atom stereocenters. The van der Waals surface area contributed by atoms with Gasteiger partial charge in [-0.25, -0.2) is 0 Å². The van der Waals surface area contributed by atoms with Crippen molar-refractivity contribution in [3.05, 3.63) is 80.4 Å². The van der Waals surface area contributed by atoms with Crippen LogP contribution in [-0.4, -0.2) is 16.0 Å². The second kappa shape index (κ2) is 9.14. The molecule has 1 aromatic carbocycles. The van der Waals surface area contributed by atoms with Gasteiger partial charge in [0.15, 0.2) is 10.1 Å². The third-order valence-electron chi connectivity index (χ3n) is 5.87. The number of hydrogen-bond acceptors (Lipinski definition) is 9. The van der Waals surface area contributed by atoms with E-state index >= 15 is 0 Å². The van der Waals surface area contributed by atoms with Gasteiger partial charge in [-0.15, -0.1) is 21.5 Å². The van der Waals surface area contributed by atoms with Crippen LogP contribution in [0.1, 0.15) is 41.2 Å². The van der Waals surface area contributed by atoms with Gasteiger partial charge in [0, 0.05) is 28.3 Å². The molecule has 0 radical (unpaired) electrons. The minimum absolute atomic E-state index is 0.0856. The van der Waals surface area contributed by atoms with Gasteiger partial charge in [0.2, 0.25) is 5.13 Å². The van der Waals surface area contributed by atoms with Gasteiger partial charge in [0.25, 0.3) is 0 Å². The molecule has 9 heteroatoms. The second-order valence-electron chi connectivity index (χ2n) is 7.91. The molecule has 1 aliphatic carbocycles. The van der Waals surface area contributed by atoms with Crippen molar-refractivity contribution in [3.63, 3.8) is 0 Å². The number of carbonyl (C=O) groups excluding carboxylic acids is 1. The van der Waals surface area contributed by atoms with Crippen LogP contribution in [0.4, 0.5) is 5.13 Å². The lowest BCUT2D eigenvalue weighted by molar-refractivity contribution is -0.116. The van der Waals surface area contributed by atoms with Gasteiger partial charge in [0.1, 0.15) is 5.82 Å². The number of hydrogen-bond donors (Lipinski definition) is 1. The summed E-state index contributed by atoms with van der Waals surface area (Å²) in [7, 11) is 0. The maximum Gasteiger partial charge on any atom is 0.219 e. The van der Waals surface area contributed by atoms with Gasteiger partial charge < -0.3 is 5.73 Å². The van der Waals surface area contributed by atoms with Crippen molar-refractivity contribution < 1.29 is 4.79 Å². The van der Waals surface area contributed by atoms with Crippen LogP contribution < -0.4 is 10.6 Å². The van der Waals surface area contributed by atoms with E-state index in [2.05, 4.69) is 28.4 Å². The maximum absolute atomic E-state index is 13.2. The predicted molar refractivity (Wildman–Crippen MR) is 133 cm³/mol. The van der Waals surface area contributed by atoms with E-state index in [-0.39, 0.29) is 5.78 Å². The fraction of sp³-hybridized carbons (Fsp3) is 0.250. The van der Waals surface area contributed by atoms with Crippen LogP contribution in [-0.2, 0) is 10.5 Å². The first-order chi connectivity index (χ1) is 16.1. The summed E-state index contributed by atoms with van der Waals surface area (Å²) in [5, 5.41) is 21.4. The molecule has 5 rings (SSSR count). The quantitative estimate of drug-likeness (QED) is 0.470. The molecule has 3 heterocycles. The summed E-state index contributed by atoms with van der Waals surface area (Å²) < 4.78 is 0.820. The van der Waals surface area contributed by atoms with Crippen molar-refractivity contribution in [3.8, 4) is 6.07 Å². The Balaban J connectivity index is 1.54. The number of aromatic nitrogens is 2. The van der Waals surface area contributed by atoms with Crippen LogP contribution >= 0.6 is 34.4 Å². The number of thiophene rings is 1. The van der Waals surface area contributed by atoms with E-state index < -0.39 is 5.92 Å². The summed E-state index contributed by atoms with van der Waals surface area (Å²) in [6.07, 6.45) is 1.96. The number of Topliss-reactive ketones (excluding diaryl/α,β-unsaturated/α-hetero) is 1. The minimum Gasteiger partial charge on any atom is -0.384 e. The van der Waals surface area contributed by atoms with E-state index in [1.807, 2.05) is 36.6 Å². The molecule has 6 nitrogen and oxygen atoms in total. The zero-order valence-corrected chi connectivity index (χ0v) is 20.4. The van der Waals surface area contributed by atoms with Gasteiger partial charge in [-0.05, 0) is 42.3 Å². The Kier molecular flexibility index (Phi) is 6.06. The highest BCUT2D eigenvalue weighted by Crippen LogP contribution is 2.48. The first-order valence-corrected chi connectivity index (χ1v) is 13.3. The summed E-state index contributed by atoms with van der Waals surface area (Å²) in [4.78, 5) is 16.0. The number of nitriles is 1. The lowest BCUT2D eigenvalue weighted by Crippen LogP contribution is -2.38. The fourth-order valence-electron chi connectivity index (χ4n) is 4.32. The van der Waals surface area contributed by atoms with Crippen LogP contribution in [0.2, 0.25) is 0 Å². The molecule has 2 aromatic heterocycles. The molecule has 0 fully saturated rings. The number of nitrogens with two attached hydrogens (primary N) is 1. The molecule has 166 valence electrons. The second-order valence-corrected chi connectivity index (χ2v) is 11.0. The SMILES string of the molecule is Cc1ccsc1C1C(C#N)=C(N)N(c2nnc(SCc3ccccc3)s2)C2=C1C(=O)CCC2. The van der Waals surface area contributed by atoms with Crippen LogP contribution in [0, 0.1) is 18.3 Å². The topological polar surface area (TPSA) is 95.9 Å². The summed E-state index contributed by atoms with van der Waals surface area (Å²) in [6.45, 7) is 2.01. The number of ketones is 1.